The summed E-state index contributed by atoms with van der Waals surface area (Å²) < 4.78 is 5.47. The molecule has 4 heteroatoms. The van der Waals surface area contributed by atoms with Crippen LogP contribution in [0.15, 0.2) is 24.3 Å². The number of nitrogens with one attached hydrogen (secondary N) is 1. The van der Waals surface area contributed by atoms with E-state index in [1.807, 2.05) is 18.2 Å². The Hall–Kier alpha value is -2.07. The van der Waals surface area contributed by atoms with Crippen molar-refractivity contribution >= 4 is 22.9 Å². The number of aromatic amines is 1. The number of hydrogen-bond donors (Lipinski definition) is 2. The summed E-state index contributed by atoms with van der Waals surface area (Å²) in [4.78, 5) is 14.0. The van der Waals surface area contributed by atoms with Gasteiger partial charge in [-0.1, -0.05) is 18.2 Å². The van der Waals surface area contributed by atoms with Gasteiger partial charge in [0.15, 0.2) is 0 Å². The lowest BCUT2D eigenvalue weighted by Gasteiger charge is -2.11. The van der Waals surface area contributed by atoms with E-state index in [1.165, 1.54) is 11.3 Å². The molecule has 0 saturated heterocycles. The number of para-hydroxylation sites is 1. The predicted molar refractivity (Wildman–Crippen MR) is 68.3 cm³/mol. The van der Waals surface area contributed by atoms with Crippen molar-refractivity contribution in [3.63, 3.8) is 0 Å². The summed E-state index contributed by atoms with van der Waals surface area (Å²) in [7, 11) is 0. The van der Waals surface area contributed by atoms with Crippen molar-refractivity contribution in [3.05, 3.63) is 41.1 Å². The summed E-state index contributed by atoms with van der Waals surface area (Å²) in [6, 6.07) is 5.88. The van der Waals surface area contributed by atoms with Crippen molar-refractivity contribution in [1.29, 1.82) is 0 Å². The third-order valence-corrected chi connectivity index (χ3v) is 3.21. The molecule has 0 radical (unpaired) electrons. The van der Waals surface area contributed by atoms with Crippen molar-refractivity contribution in [2.45, 2.75) is 13.0 Å². The molecular formula is C14H13NO3. The van der Waals surface area contributed by atoms with Gasteiger partial charge in [0, 0.05) is 29.1 Å². The SMILES string of the molecule is O=C(O)/C=C/c1cccc2c3c([nH]c12)CCOC3. The molecule has 0 atom stereocenters. The minimum atomic E-state index is -0.938. The number of ether oxygens (including phenoxy) is 1. The first-order valence-electron chi connectivity index (χ1n) is 5.87. The summed E-state index contributed by atoms with van der Waals surface area (Å²) in [5.74, 6) is -0.938. The summed E-state index contributed by atoms with van der Waals surface area (Å²) >= 11 is 0. The molecule has 0 aliphatic carbocycles. The van der Waals surface area contributed by atoms with Crippen LogP contribution in [0.25, 0.3) is 17.0 Å². The van der Waals surface area contributed by atoms with E-state index in [0.717, 1.165) is 35.6 Å². The van der Waals surface area contributed by atoms with Crippen LogP contribution < -0.4 is 0 Å². The van der Waals surface area contributed by atoms with Gasteiger partial charge in [-0.2, -0.15) is 0 Å². The van der Waals surface area contributed by atoms with Crippen LogP contribution in [0.5, 0.6) is 0 Å². The topological polar surface area (TPSA) is 62.3 Å². The lowest BCUT2D eigenvalue weighted by molar-refractivity contribution is -0.131. The van der Waals surface area contributed by atoms with Gasteiger partial charge in [0.1, 0.15) is 0 Å². The number of H-pyrrole nitrogens is 1. The summed E-state index contributed by atoms with van der Waals surface area (Å²) in [5, 5.41) is 9.81. The van der Waals surface area contributed by atoms with Gasteiger partial charge in [-0.15, -0.1) is 0 Å². The highest BCUT2D eigenvalue weighted by Crippen LogP contribution is 2.29. The van der Waals surface area contributed by atoms with E-state index in [4.69, 9.17) is 9.84 Å². The second kappa shape index (κ2) is 4.31. The van der Waals surface area contributed by atoms with Gasteiger partial charge in [0.2, 0.25) is 0 Å². The van der Waals surface area contributed by atoms with Gasteiger partial charge >= 0.3 is 5.97 Å². The molecule has 3 rings (SSSR count). The Morgan fingerprint density at radius 3 is 3.17 bits per heavy atom. The zero-order valence-electron chi connectivity index (χ0n) is 9.77. The molecular weight excluding hydrogens is 230 g/mol. The fraction of sp³-hybridized carbons (Fsp3) is 0.214. The molecule has 2 aromatic rings. The molecule has 0 spiro atoms. The standard InChI is InChI=1S/C14H13NO3/c16-13(17)5-4-9-2-1-3-10-11-8-18-7-6-12(11)15-14(9)10/h1-5,15H,6-8H2,(H,16,17)/b5-4+. The van der Waals surface area contributed by atoms with E-state index in [1.54, 1.807) is 6.08 Å². The van der Waals surface area contributed by atoms with Crippen LogP contribution in [0, 0.1) is 0 Å². The third-order valence-electron chi connectivity index (χ3n) is 3.21. The van der Waals surface area contributed by atoms with Crippen LogP contribution in [-0.4, -0.2) is 22.7 Å². The molecule has 0 unspecified atom stereocenters. The van der Waals surface area contributed by atoms with E-state index in [0.29, 0.717) is 6.61 Å². The quantitative estimate of drug-likeness (QED) is 0.796. The van der Waals surface area contributed by atoms with Crippen LogP contribution >= 0.6 is 0 Å². The predicted octanol–water partition coefficient (Wildman–Crippen LogP) is 2.34. The minimum Gasteiger partial charge on any atom is -0.478 e. The molecule has 1 aliphatic heterocycles. The molecule has 0 saturated carbocycles. The Morgan fingerprint density at radius 1 is 1.44 bits per heavy atom. The van der Waals surface area contributed by atoms with Crippen LogP contribution in [0.1, 0.15) is 16.8 Å². The average molecular weight is 243 g/mol. The zero-order valence-corrected chi connectivity index (χ0v) is 9.77. The van der Waals surface area contributed by atoms with Crippen molar-refractivity contribution < 1.29 is 14.6 Å². The monoisotopic (exact) mass is 243 g/mol. The molecule has 2 heterocycles. The van der Waals surface area contributed by atoms with Gasteiger partial charge < -0.3 is 14.8 Å². The fourth-order valence-corrected chi connectivity index (χ4v) is 2.38. The molecule has 1 aliphatic rings. The molecule has 0 bridgehead atoms. The van der Waals surface area contributed by atoms with Crippen molar-refractivity contribution in [2.75, 3.05) is 6.61 Å². The Kier molecular flexibility index (Phi) is 2.64. The Bertz CT molecular complexity index is 640. The van der Waals surface area contributed by atoms with Crippen LogP contribution in [0.3, 0.4) is 0 Å². The van der Waals surface area contributed by atoms with Crippen molar-refractivity contribution in [1.82, 2.24) is 4.98 Å². The van der Waals surface area contributed by atoms with Crippen molar-refractivity contribution in [2.24, 2.45) is 0 Å². The van der Waals surface area contributed by atoms with E-state index in [-0.39, 0.29) is 0 Å². The second-order valence-corrected chi connectivity index (χ2v) is 4.33. The number of carboxylic acid groups (broad SMARTS) is 1. The Balaban J connectivity index is 2.16. The van der Waals surface area contributed by atoms with Gasteiger partial charge in [-0.25, -0.2) is 4.79 Å². The van der Waals surface area contributed by atoms with E-state index >= 15 is 0 Å². The highest BCUT2D eigenvalue weighted by Gasteiger charge is 2.16. The van der Waals surface area contributed by atoms with Crippen LogP contribution in [-0.2, 0) is 22.6 Å². The number of fused-ring (bicyclic) bond motifs is 3. The molecule has 2 N–H and O–H groups in total. The van der Waals surface area contributed by atoms with Crippen LogP contribution in [0.2, 0.25) is 0 Å². The Labute approximate surface area is 104 Å². The molecule has 0 amide bonds. The zero-order chi connectivity index (χ0) is 12.5. The molecule has 1 aromatic heterocycles. The lowest BCUT2D eigenvalue weighted by atomic mass is 10.1. The third kappa shape index (κ3) is 1.80. The second-order valence-electron chi connectivity index (χ2n) is 4.33. The molecule has 92 valence electrons. The smallest absolute Gasteiger partial charge is 0.328 e. The summed E-state index contributed by atoms with van der Waals surface area (Å²) in [5.41, 5.74) is 4.28. The van der Waals surface area contributed by atoms with Gasteiger partial charge in [0.05, 0.1) is 18.7 Å². The normalized spacial score (nSPS) is 15.1. The van der Waals surface area contributed by atoms with E-state index in [9.17, 15) is 4.79 Å². The minimum absolute atomic E-state index is 0.626. The molecule has 0 fully saturated rings. The first-order valence-corrected chi connectivity index (χ1v) is 5.87. The maximum Gasteiger partial charge on any atom is 0.328 e. The largest absolute Gasteiger partial charge is 0.478 e. The highest BCUT2D eigenvalue weighted by atomic mass is 16.5. The van der Waals surface area contributed by atoms with Gasteiger partial charge in [-0.3, -0.25) is 0 Å². The number of rotatable bonds is 2. The average Bonchev–Trinajstić information content (AvgIpc) is 2.75. The fourth-order valence-electron chi connectivity index (χ4n) is 2.38. The van der Waals surface area contributed by atoms with Crippen LogP contribution in [0.4, 0.5) is 0 Å². The summed E-state index contributed by atoms with van der Waals surface area (Å²) in [6.45, 7) is 1.36. The molecule has 18 heavy (non-hydrogen) atoms. The van der Waals surface area contributed by atoms with Gasteiger partial charge in [0.25, 0.3) is 0 Å². The number of aliphatic carboxylic acids is 1. The number of aromatic nitrogens is 1. The number of carboxylic acids is 1. The van der Waals surface area contributed by atoms with E-state index < -0.39 is 5.97 Å². The Morgan fingerprint density at radius 2 is 2.33 bits per heavy atom. The highest BCUT2D eigenvalue weighted by molar-refractivity contribution is 5.94. The lowest BCUT2D eigenvalue weighted by Crippen LogP contribution is -2.08. The van der Waals surface area contributed by atoms with E-state index in [2.05, 4.69) is 4.98 Å². The van der Waals surface area contributed by atoms with Gasteiger partial charge in [-0.05, 0) is 11.6 Å². The first-order chi connectivity index (χ1) is 8.75. The number of hydrogen-bond acceptors (Lipinski definition) is 2. The molecule has 4 nitrogen and oxygen atoms in total. The maximum atomic E-state index is 10.6. The van der Waals surface area contributed by atoms with Crippen molar-refractivity contribution in [3.8, 4) is 0 Å². The molecule has 1 aromatic carbocycles. The maximum absolute atomic E-state index is 10.6. The number of benzene rings is 1. The first kappa shape index (κ1) is 11.0. The number of carbonyl (C=O) groups is 1. The summed E-state index contributed by atoms with van der Waals surface area (Å²) in [6.07, 6.45) is 3.66.